The van der Waals surface area contributed by atoms with E-state index in [9.17, 15) is 0 Å². The van der Waals surface area contributed by atoms with Crippen molar-refractivity contribution in [2.45, 2.75) is 84.8 Å². The monoisotopic (exact) mass is 382 g/mol. The number of aromatic nitrogens is 1. The van der Waals surface area contributed by atoms with Gasteiger partial charge in [0.05, 0.1) is 13.8 Å². The van der Waals surface area contributed by atoms with E-state index in [1.807, 2.05) is 18.3 Å². The van der Waals surface area contributed by atoms with Crippen LogP contribution >= 0.6 is 0 Å². The molecule has 146 valence electrons. The Labute approximate surface area is 171 Å². The molecule has 27 heavy (non-hydrogen) atoms. The minimum atomic E-state index is -2.17. The Morgan fingerprint density at radius 2 is 1.81 bits per heavy atom. The van der Waals surface area contributed by atoms with Crippen molar-refractivity contribution in [2.75, 3.05) is 0 Å². The van der Waals surface area contributed by atoms with Crippen LogP contribution in [-0.4, -0.2) is 13.1 Å². The highest BCUT2D eigenvalue weighted by atomic mass is 28.3. The summed E-state index contributed by atoms with van der Waals surface area (Å²) in [5.74, 6) is 0.751. The first-order valence-electron chi connectivity index (χ1n) is 11.9. The average Bonchev–Trinajstić information content (AvgIpc) is 3.11. The van der Waals surface area contributed by atoms with Gasteiger partial charge in [0.25, 0.3) is 0 Å². The van der Waals surface area contributed by atoms with E-state index in [1.54, 1.807) is 0 Å². The van der Waals surface area contributed by atoms with E-state index >= 15 is 0 Å². The van der Waals surface area contributed by atoms with E-state index < -0.39 is 14.9 Å². The molecule has 1 aliphatic carbocycles. The fourth-order valence-corrected chi connectivity index (χ4v) is 5.84. The van der Waals surface area contributed by atoms with Crippen LogP contribution in [0.25, 0.3) is 11.3 Å². The van der Waals surface area contributed by atoms with Gasteiger partial charge in [0.2, 0.25) is 0 Å². The highest BCUT2D eigenvalue weighted by Gasteiger charge is 2.25. The second-order valence-electron chi connectivity index (χ2n) is 10.3. The minimum absolute atomic E-state index is 0.0959. The number of rotatable bonds is 4. The standard InChI is InChI=1S/C25H37NSi/c1-18-14-21(25(2,3)4)12-13-22(18)23-16-20(15-19-10-8-9-11-19)24(17-26-23)27(5,6)7/h12-14,16-17,19H,8-11,15H2,1-7H3/i1D3. The summed E-state index contributed by atoms with van der Waals surface area (Å²) < 4.78 is 24.5. The third-order valence-corrected chi connectivity index (χ3v) is 8.01. The van der Waals surface area contributed by atoms with Crippen LogP contribution in [0.15, 0.2) is 30.5 Å². The van der Waals surface area contributed by atoms with Gasteiger partial charge in [0.1, 0.15) is 0 Å². The third kappa shape index (κ3) is 4.71. The molecule has 0 saturated heterocycles. The summed E-state index contributed by atoms with van der Waals surface area (Å²) in [7, 11) is -1.53. The fraction of sp³-hybridized carbons (Fsp3) is 0.560. The molecule has 1 aromatic carbocycles. The second kappa shape index (κ2) is 7.54. The quantitative estimate of drug-likeness (QED) is 0.541. The van der Waals surface area contributed by atoms with Crippen LogP contribution in [0.1, 0.15) is 67.3 Å². The van der Waals surface area contributed by atoms with Crippen LogP contribution in [0, 0.1) is 12.8 Å². The lowest BCUT2D eigenvalue weighted by molar-refractivity contribution is 0.547. The van der Waals surface area contributed by atoms with Crippen molar-refractivity contribution in [3.05, 3.63) is 47.2 Å². The van der Waals surface area contributed by atoms with Crippen LogP contribution in [-0.2, 0) is 11.8 Å². The summed E-state index contributed by atoms with van der Waals surface area (Å²) in [5.41, 5.74) is 4.30. The highest BCUT2D eigenvalue weighted by Crippen LogP contribution is 2.31. The van der Waals surface area contributed by atoms with Crippen molar-refractivity contribution < 1.29 is 4.11 Å². The molecule has 0 atom stereocenters. The van der Waals surface area contributed by atoms with Crippen molar-refractivity contribution >= 4 is 13.3 Å². The topological polar surface area (TPSA) is 12.9 Å². The molecule has 0 amide bonds. The Hall–Kier alpha value is -1.41. The van der Waals surface area contributed by atoms with Crippen molar-refractivity contribution in [2.24, 2.45) is 5.92 Å². The predicted molar refractivity (Wildman–Crippen MR) is 122 cm³/mol. The molecule has 1 saturated carbocycles. The van der Waals surface area contributed by atoms with Gasteiger partial charge in [-0.05, 0) is 52.5 Å². The second-order valence-corrected chi connectivity index (χ2v) is 15.4. The Morgan fingerprint density at radius 3 is 2.41 bits per heavy atom. The van der Waals surface area contributed by atoms with Gasteiger partial charge in [-0.2, -0.15) is 0 Å². The first-order valence-corrected chi connectivity index (χ1v) is 13.9. The predicted octanol–water partition coefficient (Wildman–Crippen LogP) is 6.63. The van der Waals surface area contributed by atoms with Crippen LogP contribution in [0.2, 0.25) is 19.6 Å². The van der Waals surface area contributed by atoms with Crippen LogP contribution in [0.4, 0.5) is 0 Å². The summed E-state index contributed by atoms with van der Waals surface area (Å²) in [4.78, 5) is 4.80. The van der Waals surface area contributed by atoms with Gasteiger partial charge in [0.15, 0.2) is 0 Å². The molecule has 0 aliphatic heterocycles. The highest BCUT2D eigenvalue weighted by molar-refractivity contribution is 6.89. The van der Waals surface area contributed by atoms with Gasteiger partial charge in [-0.1, -0.05) is 84.3 Å². The van der Waals surface area contributed by atoms with Crippen LogP contribution in [0.5, 0.6) is 0 Å². The molecule has 0 N–H and O–H groups in total. The Bertz CT molecular complexity index is 898. The van der Waals surface area contributed by atoms with Gasteiger partial charge in [-0.25, -0.2) is 0 Å². The van der Waals surface area contributed by atoms with Gasteiger partial charge in [-0.15, -0.1) is 0 Å². The average molecular weight is 383 g/mol. The number of hydrogen-bond donors (Lipinski definition) is 0. The molecule has 0 spiro atoms. The molecule has 0 unspecified atom stereocenters. The van der Waals surface area contributed by atoms with E-state index in [2.05, 4.69) is 52.5 Å². The fourth-order valence-electron chi connectivity index (χ4n) is 4.25. The van der Waals surface area contributed by atoms with Crippen molar-refractivity contribution in [3.8, 4) is 11.3 Å². The zero-order chi connectivity index (χ0) is 22.3. The summed E-state index contributed by atoms with van der Waals surface area (Å²) in [6.45, 7) is 11.3. The summed E-state index contributed by atoms with van der Waals surface area (Å²) >= 11 is 0. The molecule has 1 nitrogen and oxygen atoms in total. The summed E-state index contributed by atoms with van der Waals surface area (Å²) in [6, 6.07) is 8.10. The third-order valence-electron chi connectivity index (χ3n) is 5.94. The number of aryl methyl sites for hydroxylation is 1. The maximum absolute atomic E-state index is 8.15. The smallest absolute Gasteiger partial charge is 0.0799 e. The molecule has 0 bridgehead atoms. The minimum Gasteiger partial charge on any atom is -0.256 e. The van der Waals surface area contributed by atoms with Crippen LogP contribution in [0.3, 0.4) is 0 Å². The van der Waals surface area contributed by atoms with E-state index in [0.29, 0.717) is 5.56 Å². The summed E-state index contributed by atoms with van der Waals surface area (Å²) in [6.07, 6.45) is 8.43. The summed E-state index contributed by atoms with van der Waals surface area (Å²) in [5, 5.41) is 1.42. The molecular formula is C25H37NSi. The SMILES string of the molecule is [2H]C([2H])([2H])c1cc(C(C)(C)C)ccc1-c1cc(CC2CCCC2)c([Si](C)(C)C)cn1. The van der Waals surface area contributed by atoms with Gasteiger partial charge < -0.3 is 0 Å². The Balaban J connectivity index is 2.13. The molecule has 1 fully saturated rings. The normalized spacial score (nSPS) is 18.2. The molecule has 1 aliphatic rings. The molecule has 1 aromatic heterocycles. The first-order chi connectivity index (χ1) is 13.8. The van der Waals surface area contributed by atoms with Crippen LogP contribution < -0.4 is 5.19 Å². The molecule has 1 heterocycles. The van der Waals surface area contributed by atoms with Gasteiger partial charge in [0, 0.05) is 15.9 Å². The number of nitrogens with zero attached hydrogens (tertiary/aromatic N) is 1. The maximum atomic E-state index is 8.15. The molecule has 2 aromatic rings. The van der Waals surface area contributed by atoms with E-state index in [-0.39, 0.29) is 5.41 Å². The lowest BCUT2D eigenvalue weighted by atomic mass is 9.85. The lowest BCUT2D eigenvalue weighted by Gasteiger charge is -2.24. The number of pyridine rings is 1. The van der Waals surface area contributed by atoms with Crippen molar-refractivity contribution in [3.63, 3.8) is 0 Å². The molecular weight excluding hydrogens is 342 g/mol. The largest absolute Gasteiger partial charge is 0.256 e. The molecule has 0 radical (unpaired) electrons. The van der Waals surface area contributed by atoms with E-state index in [4.69, 9.17) is 9.10 Å². The van der Waals surface area contributed by atoms with Gasteiger partial charge in [-0.3, -0.25) is 4.98 Å². The molecule has 2 heteroatoms. The van der Waals surface area contributed by atoms with E-state index in [0.717, 1.165) is 29.2 Å². The zero-order valence-electron chi connectivity index (χ0n) is 20.9. The number of hydrogen-bond acceptors (Lipinski definition) is 1. The van der Waals surface area contributed by atoms with Crippen molar-refractivity contribution in [1.82, 2.24) is 4.98 Å². The maximum Gasteiger partial charge on any atom is 0.0799 e. The van der Waals surface area contributed by atoms with Gasteiger partial charge >= 0.3 is 0 Å². The first kappa shape index (κ1) is 16.5. The van der Waals surface area contributed by atoms with Crippen molar-refractivity contribution in [1.29, 1.82) is 0 Å². The lowest BCUT2D eigenvalue weighted by Crippen LogP contribution is -2.41. The number of benzene rings is 1. The Kier molecular flexibility index (Phi) is 4.62. The van der Waals surface area contributed by atoms with E-state index in [1.165, 1.54) is 36.4 Å². The zero-order valence-corrected chi connectivity index (χ0v) is 18.9. The molecule has 3 rings (SSSR count). The Morgan fingerprint density at radius 1 is 1.11 bits per heavy atom.